The Morgan fingerprint density at radius 3 is 2.25 bits per heavy atom. The largest absolute Gasteiger partial charge is 0.478 e. The second-order valence-corrected chi connectivity index (χ2v) is 2.99. The third-order valence-corrected chi connectivity index (χ3v) is 2.07. The minimum absolute atomic E-state index is 0. The average molecular weight is 244 g/mol. The number of aromatic carboxylic acids is 1. The molecule has 1 aromatic carbocycles. The van der Waals surface area contributed by atoms with E-state index in [0.717, 1.165) is 5.69 Å². The molecule has 0 bridgehead atoms. The zero-order chi connectivity index (χ0) is 11.4. The van der Waals surface area contributed by atoms with Crippen LogP contribution in [-0.4, -0.2) is 31.1 Å². The Balaban J connectivity index is 0.00000225. The highest BCUT2D eigenvalue weighted by molar-refractivity contribution is 5.95. The third-order valence-electron chi connectivity index (χ3n) is 2.07. The maximum atomic E-state index is 10.6. The van der Waals surface area contributed by atoms with Crippen molar-refractivity contribution in [1.82, 2.24) is 0 Å². The number of hydrogen-bond acceptors (Lipinski definition) is 2. The molecule has 0 saturated carbocycles. The maximum Gasteiger partial charge on any atom is 0.335 e. The first-order valence-electron chi connectivity index (χ1n) is 4.35. The van der Waals surface area contributed by atoms with E-state index in [0.29, 0.717) is 5.96 Å². The zero-order valence-corrected chi connectivity index (χ0v) is 9.86. The Labute approximate surface area is 100.0 Å². The van der Waals surface area contributed by atoms with E-state index in [1.165, 1.54) is 12.1 Å². The highest BCUT2D eigenvalue weighted by Gasteiger charge is 2.06. The summed E-state index contributed by atoms with van der Waals surface area (Å²) in [6, 6.07) is 6.41. The van der Waals surface area contributed by atoms with E-state index in [2.05, 4.69) is 4.99 Å². The lowest BCUT2D eigenvalue weighted by Crippen LogP contribution is -2.33. The molecule has 1 aromatic rings. The van der Waals surface area contributed by atoms with Gasteiger partial charge in [0.15, 0.2) is 5.96 Å². The zero-order valence-electron chi connectivity index (χ0n) is 9.04. The van der Waals surface area contributed by atoms with E-state index in [9.17, 15) is 4.79 Å². The molecule has 3 N–H and O–H groups in total. The Morgan fingerprint density at radius 2 is 1.88 bits per heavy atom. The van der Waals surface area contributed by atoms with E-state index in [-0.39, 0.29) is 18.0 Å². The fraction of sp³-hybridized carbons (Fsp3) is 0.200. The van der Waals surface area contributed by atoms with Crippen LogP contribution < -0.4 is 10.6 Å². The van der Waals surface area contributed by atoms with Crippen LogP contribution in [-0.2, 0) is 0 Å². The van der Waals surface area contributed by atoms with Crippen molar-refractivity contribution in [1.29, 1.82) is 0 Å². The van der Waals surface area contributed by atoms with Crippen LogP contribution in [0.1, 0.15) is 10.4 Å². The summed E-state index contributed by atoms with van der Waals surface area (Å²) < 4.78 is 0. The van der Waals surface area contributed by atoms with Gasteiger partial charge in [0.1, 0.15) is 0 Å². The van der Waals surface area contributed by atoms with Gasteiger partial charge in [-0.2, -0.15) is 0 Å². The van der Waals surface area contributed by atoms with Gasteiger partial charge in [-0.3, -0.25) is 4.99 Å². The minimum atomic E-state index is -0.943. The number of carbonyl (C=O) groups is 1. The van der Waals surface area contributed by atoms with E-state index in [1.807, 2.05) is 0 Å². The van der Waals surface area contributed by atoms with Crippen molar-refractivity contribution in [2.24, 2.45) is 10.7 Å². The lowest BCUT2D eigenvalue weighted by Gasteiger charge is -2.17. The van der Waals surface area contributed by atoms with Gasteiger partial charge in [0.25, 0.3) is 0 Å². The van der Waals surface area contributed by atoms with Gasteiger partial charge in [-0.1, -0.05) is 0 Å². The SMILES string of the molecule is CN=C(N)N(C)c1ccc(C(=O)O)cc1.Cl. The van der Waals surface area contributed by atoms with Crippen molar-refractivity contribution in [3.8, 4) is 0 Å². The molecule has 0 atom stereocenters. The number of carboxylic acids is 1. The number of anilines is 1. The van der Waals surface area contributed by atoms with Gasteiger partial charge in [0, 0.05) is 19.8 Å². The van der Waals surface area contributed by atoms with Crippen LogP contribution >= 0.6 is 12.4 Å². The summed E-state index contributed by atoms with van der Waals surface area (Å²) in [7, 11) is 3.36. The first kappa shape index (κ1) is 14.2. The van der Waals surface area contributed by atoms with Gasteiger partial charge < -0.3 is 15.7 Å². The van der Waals surface area contributed by atoms with Crippen LogP contribution in [0.15, 0.2) is 29.3 Å². The number of guanidine groups is 1. The molecule has 5 nitrogen and oxygen atoms in total. The normalized spacial score (nSPS) is 10.5. The Hall–Kier alpha value is -1.75. The molecule has 0 spiro atoms. The summed E-state index contributed by atoms with van der Waals surface area (Å²) in [5.74, 6) is -0.570. The lowest BCUT2D eigenvalue weighted by atomic mass is 10.2. The number of aliphatic imine (C=N–C) groups is 1. The summed E-state index contributed by atoms with van der Waals surface area (Å²) in [6.45, 7) is 0. The summed E-state index contributed by atoms with van der Waals surface area (Å²) in [6.07, 6.45) is 0. The molecular formula is C10H14ClN3O2. The summed E-state index contributed by atoms with van der Waals surface area (Å²) in [5.41, 5.74) is 6.65. The molecule has 0 unspecified atom stereocenters. The van der Waals surface area contributed by atoms with E-state index in [4.69, 9.17) is 10.8 Å². The number of hydrogen-bond donors (Lipinski definition) is 2. The van der Waals surface area contributed by atoms with Gasteiger partial charge >= 0.3 is 5.97 Å². The first-order valence-corrected chi connectivity index (χ1v) is 4.35. The molecule has 1 rings (SSSR count). The molecule has 0 amide bonds. The molecule has 6 heteroatoms. The van der Waals surface area contributed by atoms with Crippen LogP contribution in [0.25, 0.3) is 0 Å². The lowest BCUT2D eigenvalue weighted by molar-refractivity contribution is 0.0697. The van der Waals surface area contributed by atoms with Gasteiger partial charge in [0.2, 0.25) is 0 Å². The van der Waals surface area contributed by atoms with Crippen LogP contribution in [0.5, 0.6) is 0 Å². The number of nitrogens with two attached hydrogens (primary N) is 1. The predicted molar refractivity (Wildman–Crippen MR) is 66.6 cm³/mol. The number of carboxylic acid groups (broad SMARTS) is 1. The number of nitrogens with zero attached hydrogens (tertiary/aromatic N) is 2. The molecule has 88 valence electrons. The van der Waals surface area contributed by atoms with E-state index in [1.54, 1.807) is 31.1 Å². The second-order valence-electron chi connectivity index (χ2n) is 2.99. The highest BCUT2D eigenvalue weighted by atomic mass is 35.5. The molecule has 16 heavy (non-hydrogen) atoms. The standard InChI is InChI=1S/C10H13N3O2.ClH/c1-12-10(11)13(2)8-5-3-7(4-6-8)9(14)15;/h3-6H,1-2H3,(H2,11,12)(H,14,15);1H. The Morgan fingerprint density at radius 1 is 1.38 bits per heavy atom. The fourth-order valence-corrected chi connectivity index (χ4v) is 1.11. The molecule has 0 aromatic heterocycles. The summed E-state index contributed by atoms with van der Waals surface area (Å²) >= 11 is 0. The summed E-state index contributed by atoms with van der Waals surface area (Å²) in [5, 5.41) is 8.71. The fourth-order valence-electron chi connectivity index (χ4n) is 1.11. The smallest absolute Gasteiger partial charge is 0.335 e. The molecular weight excluding hydrogens is 230 g/mol. The maximum absolute atomic E-state index is 10.6. The van der Waals surface area contributed by atoms with Crippen molar-refractivity contribution in [3.05, 3.63) is 29.8 Å². The molecule has 0 aliphatic heterocycles. The van der Waals surface area contributed by atoms with E-state index >= 15 is 0 Å². The first-order chi connectivity index (χ1) is 7.06. The Kier molecular flexibility index (Phi) is 5.32. The predicted octanol–water partition coefficient (Wildman–Crippen LogP) is 1.19. The average Bonchev–Trinajstić information content (AvgIpc) is 2.27. The monoisotopic (exact) mass is 243 g/mol. The van der Waals surface area contributed by atoms with Crippen LogP contribution in [0.4, 0.5) is 5.69 Å². The molecule has 0 aliphatic carbocycles. The Bertz CT molecular complexity index is 390. The molecule has 0 saturated heterocycles. The quantitative estimate of drug-likeness (QED) is 0.604. The van der Waals surface area contributed by atoms with Crippen molar-refractivity contribution in [2.45, 2.75) is 0 Å². The van der Waals surface area contributed by atoms with Crippen LogP contribution in [0.2, 0.25) is 0 Å². The topological polar surface area (TPSA) is 78.9 Å². The summed E-state index contributed by atoms with van der Waals surface area (Å²) in [4.78, 5) is 16.1. The van der Waals surface area contributed by atoms with E-state index < -0.39 is 5.97 Å². The van der Waals surface area contributed by atoms with Crippen molar-refractivity contribution >= 4 is 30.0 Å². The van der Waals surface area contributed by atoms with Crippen LogP contribution in [0, 0.1) is 0 Å². The van der Waals surface area contributed by atoms with Crippen LogP contribution in [0.3, 0.4) is 0 Å². The molecule has 0 aliphatic rings. The van der Waals surface area contributed by atoms with Gasteiger partial charge in [-0.15, -0.1) is 12.4 Å². The number of rotatable bonds is 2. The number of benzene rings is 1. The highest BCUT2D eigenvalue weighted by Crippen LogP contribution is 2.13. The van der Waals surface area contributed by atoms with Crippen molar-refractivity contribution in [3.63, 3.8) is 0 Å². The number of halogens is 1. The van der Waals surface area contributed by atoms with Gasteiger partial charge in [-0.05, 0) is 24.3 Å². The van der Waals surface area contributed by atoms with Crippen molar-refractivity contribution in [2.75, 3.05) is 19.0 Å². The van der Waals surface area contributed by atoms with Crippen molar-refractivity contribution < 1.29 is 9.90 Å². The second kappa shape index (κ2) is 5.97. The van der Waals surface area contributed by atoms with Gasteiger partial charge in [-0.25, -0.2) is 4.79 Å². The van der Waals surface area contributed by atoms with Gasteiger partial charge in [0.05, 0.1) is 5.56 Å². The minimum Gasteiger partial charge on any atom is -0.478 e. The molecule has 0 fully saturated rings. The molecule has 0 radical (unpaired) electrons. The third kappa shape index (κ3) is 3.13. The molecule has 0 heterocycles.